The lowest BCUT2D eigenvalue weighted by molar-refractivity contribution is 0.0938. The first-order valence-electron chi connectivity index (χ1n) is 7.28. The first kappa shape index (κ1) is 14.9. The van der Waals surface area contributed by atoms with Gasteiger partial charge in [0, 0.05) is 24.5 Å². The average molecular weight is 283 g/mol. The van der Waals surface area contributed by atoms with Crippen molar-refractivity contribution in [3.63, 3.8) is 0 Å². The molecule has 1 aromatic rings. The third kappa shape index (κ3) is 5.57. The van der Waals surface area contributed by atoms with Crippen LogP contribution in [-0.2, 0) is 17.9 Å². The Morgan fingerprint density at radius 3 is 2.89 bits per heavy atom. The van der Waals surface area contributed by atoms with E-state index in [1.54, 1.807) is 11.3 Å². The fourth-order valence-corrected chi connectivity index (χ4v) is 2.66. The molecule has 1 fully saturated rings. The zero-order valence-electron chi connectivity index (χ0n) is 12.0. The number of nitrogens with one attached hydrogen (secondary N) is 1. The van der Waals surface area contributed by atoms with E-state index in [9.17, 15) is 0 Å². The summed E-state index contributed by atoms with van der Waals surface area (Å²) in [5.41, 5.74) is 1.07. The Hall–Kier alpha value is -0.490. The molecule has 19 heavy (non-hydrogen) atoms. The maximum Gasteiger partial charge on any atom is 0.107 e. The summed E-state index contributed by atoms with van der Waals surface area (Å²) in [6.07, 6.45) is 2.65. The molecule has 0 spiro atoms. The lowest BCUT2D eigenvalue weighted by Crippen LogP contribution is -2.27. The number of ether oxygens (including phenoxy) is 1. The van der Waals surface area contributed by atoms with E-state index >= 15 is 0 Å². The van der Waals surface area contributed by atoms with Gasteiger partial charge in [0.05, 0.1) is 18.9 Å². The van der Waals surface area contributed by atoms with Gasteiger partial charge < -0.3 is 15.0 Å². The molecule has 1 aromatic heterocycles. The molecule has 0 amide bonds. The fraction of sp³-hybridized carbons (Fsp3) is 0.786. The van der Waals surface area contributed by atoms with Crippen molar-refractivity contribution in [1.29, 1.82) is 0 Å². The zero-order valence-corrected chi connectivity index (χ0v) is 12.8. The van der Waals surface area contributed by atoms with E-state index in [0.29, 0.717) is 6.61 Å². The number of nitrogens with zero attached hydrogens (tertiary/aromatic N) is 2. The molecule has 1 aliphatic carbocycles. The van der Waals surface area contributed by atoms with E-state index in [-0.39, 0.29) is 0 Å². The van der Waals surface area contributed by atoms with Gasteiger partial charge in [-0.2, -0.15) is 0 Å². The Balaban J connectivity index is 1.59. The van der Waals surface area contributed by atoms with Crippen LogP contribution in [0.15, 0.2) is 5.38 Å². The van der Waals surface area contributed by atoms with Crippen LogP contribution in [0.2, 0.25) is 0 Å². The molecule has 1 aliphatic rings. The molecule has 108 valence electrons. The van der Waals surface area contributed by atoms with Crippen LogP contribution in [0.3, 0.4) is 0 Å². The summed E-state index contributed by atoms with van der Waals surface area (Å²) in [6, 6.07) is 0.748. The second-order valence-corrected chi connectivity index (χ2v) is 5.91. The number of rotatable bonds is 10. The highest BCUT2D eigenvalue weighted by atomic mass is 32.1. The van der Waals surface area contributed by atoms with Crippen molar-refractivity contribution < 1.29 is 4.74 Å². The highest BCUT2D eigenvalue weighted by Crippen LogP contribution is 2.20. The molecule has 5 heteroatoms. The summed E-state index contributed by atoms with van der Waals surface area (Å²) in [5.74, 6) is 0. The second-order valence-electron chi connectivity index (χ2n) is 4.97. The van der Waals surface area contributed by atoms with Gasteiger partial charge in [-0.1, -0.05) is 13.8 Å². The predicted octanol–water partition coefficient (Wildman–Crippen LogP) is 2.25. The number of likely N-dealkylation sites (N-methyl/N-ethyl adjacent to an activating group) is 1. The van der Waals surface area contributed by atoms with Crippen molar-refractivity contribution in [1.82, 2.24) is 15.2 Å². The van der Waals surface area contributed by atoms with Gasteiger partial charge in [0.1, 0.15) is 5.01 Å². The van der Waals surface area contributed by atoms with Crippen LogP contribution >= 0.6 is 11.3 Å². The Morgan fingerprint density at radius 2 is 2.21 bits per heavy atom. The van der Waals surface area contributed by atoms with Crippen molar-refractivity contribution in [2.45, 2.75) is 45.9 Å². The minimum absolute atomic E-state index is 0.640. The number of aromatic nitrogens is 1. The molecule has 0 aromatic carbocycles. The van der Waals surface area contributed by atoms with Gasteiger partial charge in [0.15, 0.2) is 0 Å². The topological polar surface area (TPSA) is 37.4 Å². The lowest BCUT2D eigenvalue weighted by atomic mass is 10.5. The zero-order chi connectivity index (χ0) is 13.5. The molecule has 0 unspecified atom stereocenters. The molecule has 0 bridgehead atoms. The molecule has 0 atom stereocenters. The van der Waals surface area contributed by atoms with Crippen LogP contribution in [0.1, 0.15) is 37.4 Å². The van der Waals surface area contributed by atoms with Crippen LogP contribution in [0.25, 0.3) is 0 Å². The largest absolute Gasteiger partial charge is 0.374 e. The van der Waals surface area contributed by atoms with E-state index in [1.165, 1.54) is 17.8 Å². The normalized spacial score (nSPS) is 15.3. The summed E-state index contributed by atoms with van der Waals surface area (Å²) in [6.45, 7) is 9.89. The summed E-state index contributed by atoms with van der Waals surface area (Å²) in [4.78, 5) is 6.95. The van der Waals surface area contributed by atoms with Crippen LogP contribution < -0.4 is 5.32 Å². The van der Waals surface area contributed by atoms with Gasteiger partial charge in [-0.25, -0.2) is 4.98 Å². The highest BCUT2D eigenvalue weighted by molar-refractivity contribution is 7.09. The van der Waals surface area contributed by atoms with E-state index in [2.05, 4.69) is 34.4 Å². The quantitative estimate of drug-likeness (QED) is 0.668. The van der Waals surface area contributed by atoms with Gasteiger partial charge >= 0.3 is 0 Å². The standard InChI is InChI=1S/C14H25N3OS/c1-3-17(4-2)7-8-18-10-13-11-19-14(16-13)9-15-12-5-6-12/h11-12,15H,3-10H2,1-2H3. The van der Waals surface area contributed by atoms with Crippen molar-refractivity contribution in [2.75, 3.05) is 26.2 Å². The molecular weight excluding hydrogens is 258 g/mol. The Kier molecular flexibility index (Phi) is 6.23. The minimum Gasteiger partial charge on any atom is -0.374 e. The van der Waals surface area contributed by atoms with Crippen LogP contribution in [0.5, 0.6) is 0 Å². The summed E-state index contributed by atoms with van der Waals surface area (Å²) in [7, 11) is 0. The first-order valence-corrected chi connectivity index (χ1v) is 8.16. The monoisotopic (exact) mass is 283 g/mol. The Morgan fingerprint density at radius 1 is 1.42 bits per heavy atom. The molecule has 0 radical (unpaired) electrons. The maximum absolute atomic E-state index is 5.69. The molecule has 0 aliphatic heterocycles. The van der Waals surface area contributed by atoms with Gasteiger partial charge in [-0.3, -0.25) is 0 Å². The van der Waals surface area contributed by atoms with E-state index in [1.807, 2.05) is 0 Å². The lowest BCUT2D eigenvalue weighted by Gasteiger charge is -2.17. The van der Waals surface area contributed by atoms with Gasteiger partial charge in [-0.15, -0.1) is 11.3 Å². The van der Waals surface area contributed by atoms with E-state index in [4.69, 9.17) is 4.74 Å². The SMILES string of the molecule is CCN(CC)CCOCc1csc(CNC2CC2)n1. The third-order valence-corrected chi connectivity index (χ3v) is 4.31. The third-order valence-electron chi connectivity index (χ3n) is 3.41. The van der Waals surface area contributed by atoms with Crippen molar-refractivity contribution >= 4 is 11.3 Å². The molecule has 2 rings (SSSR count). The van der Waals surface area contributed by atoms with Gasteiger partial charge in [0.25, 0.3) is 0 Å². The van der Waals surface area contributed by atoms with E-state index < -0.39 is 0 Å². The summed E-state index contributed by atoms with van der Waals surface area (Å²) in [5, 5.41) is 6.77. The van der Waals surface area contributed by atoms with Crippen molar-refractivity contribution in [3.8, 4) is 0 Å². The molecule has 0 saturated heterocycles. The maximum atomic E-state index is 5.69. The fourth-order valence-electron chi connectivity index (χ4n) is 1.93. The molecule has 1 saturated carbocycles. The molecule has 4 nitrogen and oxygen atoms in total. The van der Waals surface area contributed by atoms with Crippen LogP contribution in [0.4, 0.5) is 0 Å². The average Bonchev–Trinajstić information content (AvgIpc) is 3.16. The Labute approximate surface area is 120 Å². The van der Waals surface area contributed by atoms with Crippen molar-refractivity contribution in [2.24, 2.45) is 0 Å². The smallest absolute Gasteiger partial charge is 0.107 e. The number of thiazole rings is 1. The van der Waals surface area contributed by atoms with Crippen molar-refractivity contribution in [3.05, 3.63) is 16.1 Å². The number of hydrogen-bond donors (Lipinski definition) is 1. The molecular formula is C14H25N3OS. The second kappa shape index (κ2) is 7.94. The first-order chi connectivity index (χ1) is 9.31. The molecule has 1 heterocycles. The minimum atomic E-state index is 0.640. The van der Waals surface area contributed by atoms with Gasteiger partial charge in [0.2, 0.25) is 0 Å². The van der Waals surface area contributed by atoms with Gasteiger partial charge in [-0.05, 0) is 25.9 Å². The summed E-state index contributed by atoms with van der Waals surface area (Å²) < 4.78 is 5.69. The van der Waals surface area contributed by atoms with E-state index in [0.717, 1.165) is 44.5 Å². The van der Waals surface area contributed by atoms with Crippen LogP contribution in [0, 0.1) is 0 Å². The molecule has 1 N–H and O–H groups in total. The highest BCUT2D eigenvalue weighted by Gasteiger charge is 2.20. The predicted molar refractivity (Wildman–Crippen MR) is 79.4 cm³/mol. The van der Waals surface area contributed by atoms with Crippen LogP contribution in [-0.4, -0.2) is 42.2 Å². The number of hydrogen-bond acceptors (Lipinski definition) is 5. The summed E-state index contributed by atoms with van der Waals surface area (Å²) >= 11 is 1.73. The Bertz CT molecular complexity index is 361.